The second-order valence-corrected chi connectivity index (χ2v) is 3.27. The molecule has 0 atom stereocenters. The van der Waals surface area contributed by atoms with E-state index in [-0.39, 0.29) is 23.0 Å². The maximum Gasteiger partial charge on any atom is 0.330 e. The SMILES string of the molecule is CCOC(=O)/C=C/[C]1[CH][CH][CH][CH]1.[CH]1[CH][CH][CH][CH]1.[Fe]. The van der Waals surface area contributed by atoms with Crippen LogP contribution in [0.15, 0.2) is 12.2 Å². The van der Waals surface area contributed by atoms with Crippen LogP contribution in [0.25, 0.3) is 0 Å². The zero-order valence-corrected chi connectivity index (χ0v) is 11.3. The van der Waals surface area contributed by atoms with Gasteiger partial charge in [0.05, 0.1) is 6.61 Å². The van der Waals surface area contributed by atoms with Gasteiger partial charge in [-0.3, -0.25) is 0 Å². The predicted molar refractivity (Wildman–Crippen MR) is 67.7 cm³/mol. The van der Waals surface area contributed by atoms with Gasteiger partial charge in [-0.1, -0.05) is 6.08 Å². The van der Waals surface area contributed by atoms with Crippen LogP contribution in [0.1, 0.15) is 6.92 Å². The van der Waals surface area contributed by atoms with Crippen LogP contribution >= 0.6 is 0 Å². The summed E-state index contributed by atoms with van der Waals surface area (Å²) in [7, 11) is 0. The molecule has 0 aromatic rings. The Morgan fingerprint density at radius 3 is 2.00 bits per heavy atom. The second kappa shape index (κ2) is 11.8. The Kier molecular flexibility index (Phi) is 11.6. The van der Waals surface area contributed by atoms with Gasteiger partial charge in [-0.2, -0.15) is 0 Å². The molecule has 0 aliphatic heterocycles. The molecule has 0 unspecified atom stereocenters. The van der Waals surface area contributed by atoms with E-state index in [1.54, 1.807) is 13.0 Å². The molecule has 3 heteroatoms. The molecule has 0 spiro atoms. The molecule has 0 amide bonds. The van der Waals surface area contributed by atoms with Crippen LogP contribution in [0.3, 0.4) is 0 Å². The summed E-state index contributed by atoms with van der Waals surface area (Å²) in [5.74, 6) is 0.724. The molecule has 96 valence electrons. The number of ether oxygens (including phenoxy) is 1. The summed E-state index contributed by atoms with van der Waals surface area (Å²) in [5.41, 5.74) is 0. The van der Waals surface area contributed by atoms with Crippen molar-refractivity contribution in [2.24, 2.45) is 0 Å². The molecule has 0 aromatic carbocycles. The summed E-state index contributed by atoms with van der Waals surface area (Å²) < 4.78 is 4.71. The van der Waals surface area contributed by atoms with Crippen molar-refractivity contribution in [3.63, 3.8) is 0 Å². The third kappa shape index (κ3) is 8.77. The molecule has 0 heterocycles. The molecule has 2 rings (SSSR count). The van der Waals surface area contributed by atoms with Crippen molar-refractivity contribution in [2.45, 2.75) is 6.92 Å². The van der Waals surface area contributed by atoms with Crippen molar-refractivity contribution in [3.05, 3.63) is 75.9 Å². The second-order valence-electron chi connectivity index (χ2n) is 3.27. The van der Waals surface area contributed by atoms with Crippen LogP contribution < -0.4 is 0 Å². The van der Waals surface area contributed by atoms with E-state index in [0.717, 1.165) is 5.92 Å². The van der Waals surface area contributed by atoms with Crippen LogP contribution in [0, 0.1) is 63.7 Å². The monoisotopic (exact) mass is 284 g/mol. The summed E-state index contributed by atoms with van der Waals surface area (Å²) in [6, 6.07) is 0. The first-order chi connectivity index (χ1) is 8.33. The van der Waals surface area contributed by atoms with Crippen LogP contribution in [0.4, 0.5) is 0 Å². The quantitative estimate of drug-likeness (QED) is 0.452. The smallest absolute Gasteiger partial charge is 0.330 e. The predicted octanol–water partition coefficient (Wildman–Crippen LogP) is 2.53. The van der Waals surface area contributed by atoms with E-state index in [1.807, 2.05) is 57.8 Å². The number of rotatable bonds is 3. The van der Waals surface area contributed by atoms with Gasteiger partial charge in [-0.25, -0.2) is 4.79 Å². The Balaban J connectivity index is 0.000000405. The Labute approximate surface area is 122 Å². The maximum atomic E-state index is 10.8. The zero-order valence-electron chi connectivity index (χ0n) is 10.2. The molecule has 0 N–H and O–H groups in total. The molecular weight excluding hydrogens is 268 g/mol. The van der Waals surface area contributed by atoms with Gasteiger partial charge in [0.15, 0.2) is 0 Å². The average Bonchev–Trinajstić information content (AvgIpc) is 3.03. The van der Waals surface area contributed by atoms with Crippen LogP contribution in [0.5, 0.6) is 0 Å². The van der Waals surface area contributed by atoms with E-state index in [0.29, 0.717) is 6.61 Å². The molecule has 18 heavy (non-hydrogen) atoms. The van der Waals surface area contributed by atoms with E-state index in [1.165, 1.54) is 6.08 Å². The third-order valence-electron chi connectivity index (χ3n) is 1.94. The number of carbonyl (C=O) groups is 1. The fourth-order valence-corrected chi connectivity index (χ4v) is 1.18. The molecule has 0 saturated heterocycles. The van der Waals surface area contributed by atoms with Crippen molar-refractivity contribution < 1.29 is 26.6 Å². The van der Waals surface area contributed by atoms with Crippen LogP contribution in [-0.4, -0.2) is 12.6 Å². The van der Waals surface area contributed by atoms with E-state index in [4.69, 9.17) is 4.74 Å². The van der Waals surface area contributed by atoms with Crippen LogP contribution in [0.2, 0.25) is 0 Å². The number of carbonyl (C=O) groups excluding carboxylic acids is 1. The summed E-state index contributed by atoms with van der Waals surface area (Å²) in [5, 5.41) is 0. The molecule has 2 fully saturated rings. The largest absolute Gasteiger partial charge is 0.463 e. The number of hydrogen-bond acceptors (Lipinski definition) is 2. The number of hydrogen-bond donors (Lipinski definition) is 0. The summed E-state index contributed by atoms with van der Waals surface area (Å²) in [4.78, 5) is 10.8. The zero-order chi connectivity index (χ0) is 12.3. The topological polar surface area (TPSA) is 26.3 Å². The molecule has 0 bridgehead atoms. The van der Waals surface area contributed by atoms with Gasteiger partial charge in [0.25, 0.3) is 0 Å². The van der Waals surface area contributed by atoms with Gasteiger partial charge >= 0.3 is 5.97 Å². The van der Waals surface area contributed by atoms with E-state index >= 15 is 0 Å². The summed E-state index contributed by atoms with van der Waals surface area (Å²) in [6.07, 6.45) is 20.9. The maximum absolute atomic E-state index is 10.8. The van der Waals surface area contributed by atoms with Crippen molar-refractivity contribution in [1.29, 1.82) is 0 Å². The first-order valence-corrected chi connectivity index (χ1v) is 5.56. The van der Waals surface area contributed by atoms with Gasteiger partial charge < -0.3 is 4.74 Å². The Hall–Kier alpha value is -0.271. The van der Waals surface area contributed by atoms with Crippen LogP contribution in [-0.2, 0) is 26.6 Å². The van der Waals surface area contributed by atoms with Gasteiger partial charge in [-0.05, 0) is 64.7 Å². The number of allylic oxidation sites excluding steroid dienone is 1. The van der Waals surface area contributed by atoms with E-state index < -0.39 is 0 Å². The minimum Gasteiger partial charge on any atom is -0.463 e. The molecular formula is C15H16FeO2. The van der Waals surface area contributed by atoms with E-state index in [2.05, 4.69) is 0 Å². The molecule has 2 aliphatic rings. The fourth-order valence-electron chi connectivity index (χ4n) is 1.18. The average molecular weight is 284 g/mol. The molecule has 2 saturated carbocycles. The number of esters is 1. The molecule has 10 radical (unpaired) electrons. The Bertz CT molecular complexity index is 221. The minimum atomic E-state index is -0.293. The molecule has 2 aliphatic carbocycles. The normalized spacial score (nSPS) is 19.2. The van der Waals surface area contributed by atoms with Crippen molar-refractivity contribution in [1.82, 2.24) is 0 Å². The van der Waals surface area contributed by atoms with Crippen molar-refractivity contribution >= 4 is 5.97 Å². The Morgan fingerprint density at radius 2 is 1.56 bits per heavy atom. The summed E-state index contributed by atoms with van der Waals surface area (Å²) >= 11 is 0. The van der Waals surface area contributed by atoms with Gasteiger partial charge in [0, 0.05) is 29.1 Å². The minimum absolute atomic E-state index is 0. The van der Waals surface area contributed by atoms with Crippen molar-refractivity contribution in [2.75, 3.05) is 6.61 Å². The first-order valence-electron chi connectivity index (χ1n) is 5.56. The standard InChI is InChI=1S/C10H11O2.C5H5.Fe/c1-2-12-10(11)8-7-9-5-3-4-6-9;1-2-4-5-3-1;/h3-8H,2H2,1H3;1-5H;/b8-7+;;. The van der Waals surface area contributed by atoms with E-state index in [9.17, 15) is 4.79 Å². The van der Waals surface area contributed by atoms with Gasteiger partial charge in [0.2, 0.25) is 0 Å². The Morgan fingerprint density at radius 1 is 1.06 bits per heavy atom. The first kappa shape index (κ1) is 17.7. The third-order valence-corrected chi connectivity index (χ3v) is 1.94. The van der Waals surface area contributed by atoms with Gasteiger partial charge in [-0.15, -0.1) is 0 Å². The van der Waals surface area contributed by atoms with Crippen molar-refractivity contribution in [3.8, 4) is 0 Å². The summed E-state index contributed by atoms with van der Waals surface area (Å²) in [6.45, 7) is 2.21. The molecule has 0 aromatic heterocycles. The fraction of sp³-hybridized carbons (Fsp3) is 0.133. The van der Waals surface area contributed by atoms with Gasteiger partial charge in [0.1, 0.15) is 0 Å². The molecule has 2 nitrogen and oxygen atoms in total.